The number of carbonyl (C=O) groups is 2. The molecule has 0 fully saturated rings. The molecule has 0 spiro atoms. The van der Waals surface area contributed by atoms with Crippen molar-refractivity contribution in [2.24, 2.45) is 0 Å². The highest BCUT2D eigenvalue weighted by Crippen LogP contribution is 2.40. The number of rotatable bonds is 9. The number of nitrogens with one attached hydrogen (secondary N) is 1. The predicted molar refractivity (Wildman–Crippen MR) is 180 cm³/mol. The molecular weight excluding hydrogens is 647 g/mol. The molecule has 7 nitrogen and oxygen atoms in total. The van der Waals surface area contributed by atoms with Gasteiger partial charge in [0, 0.05) is 16.8 Å². The number of carboxylic acids is 1. The first kappa shape index (κ1) is 30.9. The van der Waals surface area contributed by atoms with Crippen LogP contribution < -0.4 is 10.1 Å². The highest BCUT2D eigenvalue weighted by atomic mass is 35.5. The first-order valence-electron chi connectivity index (χ1n) is 13.9. The van der Waals surface area contributed by atoms with Crippen molar-refractivity contribution in [3.63, 3.8) is 0 Å². The first-order valence-corrected chi connectivity index (χ1v) is 15.1. The molecule has 0 aliphatic rings. The second-order valence-electron chi connectivity index (χ2n) is 10.1. The normalized spacial score (nSPS) is 10.8. The lowest BCUT2D eigenvalue weighted by atomic mass is 10.00. The van der Waals surface area contributed by atoms with Gasteiger partial charge in [-0.25, -0.2) is 4.79 Å². The van der Waals surface area contributed by atoms with E-state index in [2.05, 4.69) is 10.5 Å². The highest BCUT2D eigenvalue weighted by Gasteiger charge is 2.24. The highest BCUT2D eigenvalue weighted by molar-refractivity contribution is 6.39. The quantitative estimate of drug-likeness (QED) is 0.159. The molecule has 46 heavy (non-hydrogen) atoms. The Hall–Kier alpha value is -5.08. The zero-order valence-corrected chi connectivity index (χ0v) is 26.1. The van der Waals surface area contributed by atoms with Gasteiger partial charge in [0.05, 0.1) is 31.8 Å². The van der Waals surface area contributed by atoms with E-state index >= 15 is 0 Å². The molecular formula is C36H23Cl3N2O5. The van der Waals surface area contributed by atoms with Gasteiger partial charge in [-0.15, -0.1) is 0 Å². The van der Waals surface area contributed by atoms with E-state index in [4.69, 9.17) is 44.1 Å². The standard InChI is InChI=1S/C36H23Cl3N2O5/c37-29-10-5-11-30(38)32(29)33-28(34(46-41-33)23-14-12-22(13-15-23)21-6-2-1-3-7-21)20-45-26-16-17-27(31(39)19-26)35(42)40-25-9-4-8-24(18-25)36(43)44/h1-19H,20H2,(H,40,42)(H,43,44). The van der Waals surface area contributed by atoms with Gasteiger partial charge in [-0.2, -0.15) is 0 Å². The Morgan fingerprint density at radius 1 is 0.739 bits per heavy atom. The summed E-state index contributed by atoms with van der Waals surface area (Å²) < 4.78 is 12.0. The summed E-state index contributed by atoms with van der Waals surface area (Å²) in [6, 6.07) is 33.7. The van der Waals surface area contributed by atoms with Gasteiger partial charge in [-0.3, -0.25) is 4.79 Å². The number of anilines is 1. The predicted octanol–water partition coefficient (Wildman–Crippen LogP) is 10.2. The molecule has 1 amide bonds. The van der Waals surface area contributed by atoms with Crippen molar-refractivity contribution < 1.29 is 24.0 Å². The molecule has 0 aliphatic heterocycles. The first-order chi connectivity index (χ1) is 22.3. The maximum absolute atomic E-state index is 12.9. The second-order valence-corrected chi connectivity index (χ2v) is 11.4. The topological polar surface area (TPSA) is 102 Å². The summed E-state index contributed by atoms with van der Waals surface area (Å²) >= 11 is 19.6. The molecule has 0 saturated carbocycles. The van der Waals surface area contributed by atoms with Crippen LogP contribution >= 0.6 is 34.8 Å². The number of hydrogen-bond donors (Lipinski definition) is 2. The van der Waals surface area contributed by atoms with E-state index in [1.807, 2.05) is 54.6 Å². The SMILES string of the molecule is O=C(O)c1cccc(NC(=O)c2ccc(OCc3c(-c4c(Cl)cccc4Cl)noc3-c3ccc(-c4ccccc4)cc3)cc2Cl)c1. The molecule has 10 heteroatoms. The fourth-order valence-corrected chi connectivity index (χ4v) is 5.72. The Bertz CT molecular complexity index is 2040. The maximum Gasteiger partial charge on any atom is 0.335 e. The van der Waals surface area contributed by atoms with Crippen LogP contribution in [0.25, 0.3) is 33.7 Å². The third-order valence-corrected chi connectivity index (χ3v) is 8.12. The van der Waals surface area contributed by atoms with Crippen LogP contribution in [-0.2, 0) is 6.61 Å². The Labute approximate surface area is 278 Å². The number of amides is 1. The van der Waals surface area contributed by atoms with E-state index in [0.29, 0.717) is 44.1 Å². The van der Waals surface area contributed by atoms with Crippen molar-refractivity contribution in [2.45, 2.75) is 6.61 Å². The molecule has 6 aromatic rings. The summed E-state index contributed by atoms with van der Waals surface area (Å²) in [6.07, 6.45) is 0. The van der Waals surface area contributed by atoms with Crippen LogP contribution in [0.3, 0.4) is 0 Å². The van der Waals surface area contributed by atoms with E-state index in [-0.39, 0.29) is 22.8 Å². The number of carboxylic acid groups (broad SMARTS) is 1. The molecule has 0 radical (unpaired) electrons. The van der Waals surface area contributed by atoms with Crippen molar-refractivity contribution >= 4 is 52.4 Å². The van der Waals surface area contributed by atoms with Crippen molar-refractivity contribution in [3.8, 4) is 39.5 Å². The average molecular weight is 670 g/mol. The number of halogens is 3. The molecule has 0 unspecified atom stereocenters. The van der Waals surface area contributed by atoms with Crippen LogP contribution in [0.4, 0.5) is 5.69 Å². The van der Waals surface area contributed by atoms with Gasteiger partial charge in [0.25, 0.3) is 5.91 Å². The van der Waals surface area contributed by atoms with Crippen molar-refractivity contribution in [1.29, 1.82) is 0 Å². The Balaban J connectivity index is 1.28. The van der Waals surface area contributed by atoms with Gasteiger partial charge < -0.3 is 19.7 Å². The van der Waals surface area contributed by atoms with Crippen LogP contribution in [0.2, 0.25) is 15.1 Å². The third-order valence-electron chi connectivity index (χ3n) is 7.18. The summed E-state index contributed by atoms with van der Waals surface area (Å²) in [4.78, 5) is 24.2. The van der Waals surface area contributed by atoms with E-state index in [0.717, 1.165) is 16.7 Å². The lowest BCUT2D eigenvalue weighted by molar-refractivity contribution is 0.0696. The number of carbonyl (C=O) groups excluding carboxylic acids is 1. The van der Waals surface area contributed by atoms with Crippen molar-refractivity contribution in [1.82, 2.24) is 5.16 Å². The molecule has 0 saturated heterocycles. The molecule has 6 rings (SSSR count). The van der Waals surface area contributed by atoms with Crippen LogP contribution in [0, 0.1) is 0 Å². The smallest absolute Gasteiger partial charge is 0.335 e. The summed E-state index contributed by atoms with van der Waals surface area (Å²) in [7, 11) is 0. The van der Waals surface area contributed by atoms with Crippen LogP contribution in [0.1, 0.15) is 26.3 Å². The summed E-state index contributed by atoms with van der Waals surface area (Å²) in [5.74, 6) is -0.737. The molecule has 0 atom stereocenters. The van der Waals surface area contributed by atoms with Crippen molar-refractivity contribution in [3.05, 3.63) is 147 Å². The summed E-state index contributed by atoms with van der Waals surface area (Å²) in [6.45, 7) is 0.0139. The van der Waals surface area contributed by atoms with Gasteiger partial charge >= 0.3 is 5.97 Å². The Morgan fingerprint density at radius 3 is 2.11 bits per heavy atom. The van der Waals surface area contributed by atoms with E-state index in [9.17, 15) is 14.7 Å². The minimum Gasteiger partial charge on any atom is -0.489 e. The third kappa shape index (κ3) is 6.62. The molecule has 0 bridgehead atoms. The fraction of sp³-hybridized carbons (Fsp3) is 0.0278. The maximum atomic E-state index is 12.9. The number of benzene rings is 5. The number of aromatic nitrogens is 1. The minimum atomic E-state index is -1.10. The molecule has 1 heterocycles. The zero-order valence-electron chi connectivity index (χ0n) is 23.8. The van der Waals surface area contributed by atoms with E-state index < -0.39 is 11.9 Å². The van der Waals surface area contributed by atoms with E-state index in [1.54, 1.807) is 30.3 Å². The molecule has 0 aliphatic carbocycles. The largest absolute Gasteiger partial charge is 0.489 e. The van der Waals surface area contributed by atoms with E-state index in [1.165, 1.54) is 30.3 Å². The number of nitrogens with zero attached hydrogens (tertiary/aromatic N) is 1. The molecule has 5 aromatic carbocycles. The number of ether oxygens (including phenoxy) is 1. The lowest BCUT2D eigenvalue weighted by Crippen LogP contribution is -2.13. The number of hydrogen-bond acceptors (Lipinski definition) is 5. The molecule has 228 valence electrons. The van der Waals surface area contributed by atoms with Crippen molar-refractivity contribution in [2.75, 3.05) is 5.32 Å². The monoisotopic (exact) mass is 668 g/mol. The van der Waals surface area contributed by atoms with Gasteiger partial charge in [0.15, 0.2) is 5.76 Å². The Morgan fingerprint density at radius 2 is 1.41 bits per heavy atom. The van der Waals surface area contributed by atoms with Crippen LogP contribution in [0.5, 0.6) is 5.75 Å². The average Bonchev–Trinajstić information content (AvgIpc) is 3.47. The van der Waals surface area contributed by atoms with Crippen LogP contribution in [-0.4, -0.2) is 22.1 Å². The summed E-state index contributed by atoms with van der Waals surface area (Å²) in [5.41, 5.74) is 5.01. The van der Waals surface area contributed by atoms with Crippen LogP contribution in [0.15, 0.2) is 120 Å². The minimum absolute atomic E-state index is 0.0139. The van der Waals surface area contributed by atoms with Gasteiger partial charge in [-0.1, -0.05) is 107 Å². The second kappa shape index (κ2) is 13.5. The Kier molecular flexibility index (Phi) is 9.08. The molecule has 1 aromatic heterocycles. The number of aromatic carboxylic acids is 1. The van der Waals surface area contributed by atoms with Gasteiger partial charge in [0.1, 0.15) is 18.1 Å². The summed E-state index contributed by atoms with van der Waals surface area (Å²) in [5, 5.41) is 17.2. The van der Waals surface area contributed by atoms with Gasteiger partial charge in [0.2, 0.25) is 0 Å². The van der Waals surface area contributed by atoms with Gasteiger partial charge in [-0.05, 0) is 59.7 Å². The lowest BCUT2D eigenvalue weighted by Gasteiger charge is -2.12. The zero-order chi connectivity index (χ0) is 32.2. The molecule has 2 N–H and O–H groups in total. The fourth-order valence-electron chi connectivity index (χ4n) is 4.89.